The van der Waals surface area contributed by atoms with Crippen LogP contribution in [0.25, 0.3) is 0 Å². The molecule has 0 saturated heterocycles. The van der Waals surface area contributed by atoms with Crippen molar-refractivity contribution in [1.29, 1.82) is 0 Å². The molecule has 68 valence electrons. The average Bonchev–Trinajstić information content (AvgIpc) is 1.98. The molecule has 0 heterocycles. The fourth-order valence-corrected chi connectivity index (χ4v) is 0.808. The molecule has 5 nitrogen and oxygen atoms in total. The van der Waals surface area contributed by atoms with Crippen LogP contribution in [0.15, 0.2) is 4.99 Å². The van der Waals surface area contributed by atoms with Crippen LogP contribution in [0.3, 0.4) is 0 Å². The van der Waals surface area contributed by atoms with E-state index in [1.165, 1.54) is 0 Å². The van der Waals surface area contributed by atoms with Crippen molar-refractivity contribution < 1.29 is 9.59 Å². The summed E-state index contributed by atoms with van der Waals surface area (Å²) in [4.78, 5) is 24.3. The summed E-state index contributed by atoms with van der Waals surface area (Å²) in [6, 6.07) is -0.335. The molecule has 0 aliphatic heterocycles. The molecule has 0 bridgehead atoms. The summed E-state index contributed by atoms with van der Waals surface area (Å²) in [7, 11) is 0. The summed E-state index contributed by atoms with van der Waals surface area (Å²) in [6.45, 7) is 1.68. The topological polar surface area (TPSA) is 98.5 Å². The standard InChI is InChI=1S/C7H13N3O2/c1-5(10-7(8)9)6(4-12)2-3-11/h3-6H,2H2,1H3,(H4,8,9,10). The van der Waals surface area contributed by atoms with Crippen molar-refractivity contribution in [2.45, 2.75) is 19.4 Å². The Morgan fingerprint density at radius 1 is 1.50 bits per heavy atom. The second kappa shape index (κ2) is 5.29. The highest BCUT2D eigenvalue weighted by Crippen LogP contribution is 2.07. The van der Waals surface area contributed by atoms with E-state index >= 15 is 0 Å². The normalized spacial score (nSPS) is 14.4. The number of hydrogen-bond acceptors (Lipinski definition) is 3. The van der Waals surface area contributed by atoms with E-state index in [0.717, 1.165) is 0 Å². The Kier molecular flexibility index (Phi) is 4.67. The van der Waals surface area contributed by atoms with Gasteiger partial charge in [0.2, 0.25) is 0 Å². The predicted octanol–water partition coefficient (Wildman–Crippen LogP) is -0.948. The van der Waals surface area contributed by atoms with Gasteiger partial charge in [0.15, 0.2) is 5.96 Å². The summed E-state index contributed by atoms with van der Waals surface area (Å²) >= 11 is 0. The van der Waals surface area contributed by atoms with Crippen LogP contribution in [-0.2, 0) is 9.59 Å². The van der Waals surface area contributed by atoms with E-state index in [4.69, 9.17) is 11.5 Å². The summed E-state index contributed by atoms with van der Waals surface area (Å²) in [5, 5.41) is 0. The molecule has 0 amide bonds. The molecule has 0 aromatic rings. The van der Waals surface area contributed by atoms with E-state index in [-0.39, 0.29) is 18.4 Å². The minimum atomic E-state index is -0.426. The molecule has 5 heteroatoms. The summed E-state index contributed by atoms with van der Waals surface area (Å²) in [5.41, 5.74) is 10.2. The first kappa shape index (κ1) is 10.6. The van der Waals surface area contributed by atoms with Gasteiger partial charge in [0.25, 0.3) is 0 Å². The van der Waals surface area contributed by atoms with Crippen LogP contribution in [0, 0.1) is 5.92 Å². The van der Waals surface area contributed by atoms with Crippen molar-refractivity contribution in [2.24, 2.45) is 22.4 Å². The quantitative estimate of drug-likeness (QED) is 0.316. The van der Waals surface area contributed by atoms with Crippen molar-refractivity contribution in [2.75, 3.05) is 0 Å². The van der Waals surface area contributed by atoms with Gasteiger partial charge in [-0.25, -0.2) is 4.99 Å². The second-order valence-electron chi connectivity index (χ2n) is 2.50. The maximum absolute atomic E-state index is 10.4. The van der Waals surface area contributed by atoms with E-state index in [1.807, 2.05) is 0 Å². The minimum absolute atomic E-state index is 0.0692. The van der Waals surface area contributed by atoms with Gasteiger partial charge in [-0.05, 0) is 6.92 Å². The van der Waals surface area contributed by atoms with Crippen LogP contribution < -0.4 is 11.5 Å². The van der Waals surface area contributed by atoms with Crippen LogP contribution in [0.5, 0.6) is 0 Å². The Labute approximate surface area is 70.8 Å². The molecule has 4 N–H and O–H groups in total. The van der Waals surface area contributed by atoms with Gasteiger partial charge in [0, 0.05) is 12.3 Å². The fourth-order valence-electron chi connectivity index (χ4n) is 0.808. The lowest BCUT2D eigenvalue weighted by Crippen LogP contribution is -2.28. The molecule has 0 rings (SSSR count). The number of carbonyl (C=O) groups is 2. The highest BCUT2D eigenvalue weighted by atomic mass is 16.1. The van der Waals surface area contributed by atoms with E-state index < -0.39 is 5.92 Å². The first-order valence-corrected chi connectivity index (χ1v) is 3.59. The molecule has 0 aliphatic carbocycles. The van der Waals surface area contributed by atoms with Gasteiger partial charge in [-0.2, -0.15) is 0 Å². The molecular weight excluding hydrogens is 158 g/mol. The maximum atomic E-state index is 10.4. The lowest BCUT2D eigenvalue weighted by atomic mass is 10.0. The Bertz CT molecular complexity index is 187. The molecule has 0 aromatic heterocycles. The average molecular weight is 171 g/mol. The molecule has 0 radical (unpaired) electrons. The highest BCUT2D eigenvalue weighted by molar-refractivity contribution is 5.76. The van der Waals surface area contributed by atoms with Gasteiger partial charge in [0.1, 0.15) is 12.6 Å². The largest absolute Gasteiger partial charge is 0.370 e. The molecule has 2 unspecified atom stereocenters. The van der Waals surface area contributed by atoms with Gasteiger partial charge >= 0.3 is 0 Å². The smallest absolute Gasteiger partial charge is 0.186 e. The van der Waals surface area contributed by atoms with Gasteiger partial charge in [-0.1, -0.05) is 0 Å². The number of nitrogens with zero attached hydrogens (tertiary/aromatic N) is 1. The van der Waals surface area contributed by atoms with Crippen molar-refractivity contribution in [3.05, 3.63) is 0 Å². The van der Waals surface area contributed by atoms with Crippen LogP contribution in [0.1, 0.15) is 13.3 Å². The zero-order chi connectivity index (χ0) is 9.56. The second-order valence-corrected chi connectivity index (χ2v) is 2.50. The summed E-state index contributed by atoms with van der Waals surface area (Å²) in [5.74, 6) is -0.496. The van der Waals surface area contributed by atoms with Crippen LogP contribution in [-0.4, -0.2) is 24.6 Å². The Hall–Kier alpha value is -1.39. The molecular formula is C7H13N3O2. The fraction of sp³-hybridized carbons (Fsp3) is 0.571. The van der Waals surface area contributed by atoms with Gasteiger partial charge < -0.3 is 21.1 Å². The number of aldehydes is 2. The lowest BCUT2D eigenvalue weighted by Gasteiger charge is -2.11. The van der Waals surface area contributed by atoms with Gasteiger partial charge in [-0.3, -0.25) is 0 Å². The number of nitrogens with two attached hydrogens (primary N) is 2. The van der Waals surface area contributed by atoms with E-state index in [0.29, 0.717) is 12.6 Å². The highest BCUT2D eigenvalue weighted by Gasteiger charge is 2.14. The van der Waals surface area contributed by atoms with Crippen LogP contribution in [0.2, 0.25) is 0 Å². The monoisotopic (exact) mass is 171 g/mol. The van der Waals surface area contributed by atoms with Crippen molar-refractivity contribution in [1.82, 2.24) is 0 Å². The molecule has 0 saturated carbocycles. The molecule has 0 fully saturated rings. The molecule has 12 heavy (non-hydrogen) atoms. The van der Waals surface area contributed by atoms with Gasteiger partial charge in [0.05, 0.1) is 6.04 Å². The molecule has 0 spiro atoms. The molecule has 0 aliphatic rings. The number of hydrogen-bond donors (Lipinski definition) is 2. The number of aliphatic imine (C=N–C) groups is 1. The third-order valence-corrected chi connectivity index (χ3v) is 1.52. The molecule has 2 atom stereocenters. The number of guanidine groups is 1. The Balaban J connectivity index is 4.20. The first-order valence-electron chi connectivity index (χ1n) is 3.59. The van der Waals surface area contributed by atoms with Crippen LogP contribution >= 0.6 is 0 Å². The lowest BCUT2D eigenvalue weighted by molar-refractivity contribution is -0.115. The first-order chi connectivity index (χ1) is 5.61. The number of rotatable bonds is 5. The summed E-state index contributed by atoms with van der Waals surface area (Å²) < 4.78 is 0. The van der Waals surface area contributed by atoms with Crippen molar-refractivity contribution in [3.8, 4) is 0 Å². The Morgan fingerprint density at radius 3 is 2.42 bits per heavy atom. The summed E-state index contributed by atoms with van der Waals surface area (Å²) in [6.07, 6.45) is 1.52. The number of carbonyl (C=O) groups excluding carboxylic acids is 2. The SMILES string of the molecule is CC(N=C(N)N)C(C=O)CC=O. The predicted molar refractivity (Wildman–Crippen MR) is 45.5 cm³/mol. The third-order valence-electron chi connectivity index (χ3n) is 1.52. The third kappa shape index (κ3) is 3.70. The zero-order valence-electron chi connectivity index (χ0n) is 6.93. The van der Waals surface area contributed by atoms with Crippen molar-refractivity contribution >= 4 is 18.5 Å². The van der Waals surface area contributed by atoms with E-state index in [9.17, 15) is 9.59 Å². The minimum Gasteiger partial charge on any atom is -0.370 e. The zero-order valence-corrected chi connectivity index (χ0v) is 6.93. The van der Waals surface area contributed by atoms with E-state index in [1.54, 1.807) is 6.92 Å². The molecule has 0 aromatic carbocycles. The maximum Gasteiger partial charge on any atom is 0.186 e. The van der Waals surface area contributed by atoms with Gasteiger partial charge in [-0.15, -0.1) is 0 Å². The van der Waals surface area contributed by atoms with Crippen molar-refractivity contribution in [3.63, 3.8) is 0 Å². The van der Waals surface area contributed by atoms with E-state index in [2.05, 4.69) is 4.99 Å². The van der Waals surface area contributed by atoms with Crippen LogP contribution in [0.4, 0.5) is 0 Å². The Morgan fingerprint density at radius 2 is 2.08 bits per heavy atom.